The molecule has 0 amide bonds. The molecule has 0 rings (SSSR count). The summed E-state index contributed by atoms with van der Waals surface area (Å²) in [6, 6.07) is 0. The molecule has 1 N–H and O–H groups in total. The van der Waals surface area contributed by atoms with E-state index in [4.69, 9.17) is 5.11 Å². The zero-order chi connectivity index (χ0) is 7.11. The van der Waals surface area contributed by atoms with Crippen LogP contribution in [0.1, 0.15) is 13.3 Å². The maximum atomic E-state index is 8.96. The van der Waals surface area contributed by atoms with Crippen LogP contribution < -0.4 is 0 Å². The minimum Gasteiger partial charge on any atom is -0.389 e. The van der Waals surface area contributed by atoms with E-state index < -0.39 is 0 Å². The predicted molar refractivity (Wildman–Crippen MR) is 48.6 cm³/mol. The van der Waals surface area contributed by atoms with Crippen LogP contribution in [-0.4, -0.2) is 11.2 Å². The van der Waals surface area contributed by atoms with Gasteiger partial charge in [0.1, 0.15) is 0 Å². The van der Waals surface area contributed by atoms with Crippen molar-refractivity contribution in [3.63, 3.8) is 0 Å². The summed E-state index contributed by atoms with van der Waals surface area (Å²) >= 11 is 2.13. The Morgan fingerprint density at radius 3 is 2.67 bits per heavy atom. The Balaban J connectivity index is 3.43. The molecule has 0 saturated heterocycles. The molecule has 0 aliphatic carbocycles. The van der Waals surface area contributed by atoms with Gasteiger partial charge in [-0.05, 0) is 10.5 Å². The zero-order valence-electron chi connectivity index (χ0n) is 5.42. The fourth-order valence-corrected chi connectivity index (χ4v) is 0.610. The van der Waals surface area contributed by atoms with Crippen molar-refractivity contribution in [3.8, 4) is 0 Å². The van der Waals surface area contributed by atoms with Crippen molar-refractivity contribution >= 4 is 22.6 Å². The summed E-state index contributed by atoms with van der Waals surface area (Å²) in [6.45, 7) is 1.95. The second-order valence-corrected chi connectivity index (χ2v) is 2.40. The van der Waals surface area contributed by atoms with Gasteiger partial charge in [0.2, 0.25) is 0 Å². The molecule has 0 bridgehead atoms. The van der Waals surface area contributed by atoms with Crippen molar-refractivity contribution in [1.82, 2.24) is 0 Å². The van der Waals surface area contributed by atoms with Crippen LogP contribution in [0.3, 0.4) is 0 Å². The molecule has 2 heteroatoms. The standard InChI is InChI=1S/C7H11IO/c1-2-7(9)5-3-4-6-8/h3-7,9H,2H2,1H3/b5-3+,6-4+. The van der Waals surface area contributed by atoms with Gasteiger partial charge < -0.3 is 5.11 Å². The van der Waals surface area contributed by atoms with Crippen LogP contribution in [0.4, 0.5) is 0 Å². The summed E-state index contributed by atoms with van der Waals surface area (Å²) in [5.41, 5.74) is 0. The molecule has 1 atom stereocenters. The molecular formula is C7H11IO. The van der Waals surface area contributed by atoms with Crippen molar-refractivity contribution in [2.24, 2.45) is 0 Å². The topological polar surface area (TPSA) is 20.2 Å². The molecule has 9 heavy (non-hydrogen) atoms. The number of halogens is 1. The molecule has 0 aliphatic rings. The number of allylic oxidation sites excluding steroid dienone is 2. The average Bonchev–Trinajstić information content (AvgIpc) is 1.89. The highest BCUT2D eigenvalue weighted by Gasteiger charge is 1.88. The summed E-state index contributed by atoms with van der Waals surface area (Å²) in [5, 5.41) is 8.96. The number of rotatable bonds is 3. The lowest BCUT2D eigenvalue weighted by atomic mass is 10.2. The first-order valence-electron chi connectivity index (χ1n) is 2.93. The predicted octanol–water partition coefficient (Wildman–Crippen LogP) is 2.26. The number of aliphatic hydroxyl groups excluding tert-OH is 1. The summed E-state index contributed by atoms with van der Waals surface area (Å²) < 4.78 is 1.90. The Morgan fingerprint density at radius 1 is 1.56 bits per heavy atom. The lowest BCUT2D eigenvalue weighted by Crippen LogP contribution is -1.97. The monoisotopic (exact) mass is 238 g/mol. The van der Waals surface area contributed by atoms with Gasteiger partial charge >= 0.3 is 0 Å². The molecule has 0 spiro atoms. The van der Waals surface area contributed by atoms with E-state index in [1.54, 1.807) is 6.08 Å². The van der Waals surface area contributed by atoms with Crippen LogP contribution in [0, 0.1) is 0 Å². The molecular weight excluding hydrogens is 227 g/mol. The summed E-state index contributed by atoms with van der Waals surface area (Å²) in [7, 11) is 0. The fourth-order valence-electron chi connectivity index (χ4n) is 0.370. The Hall–Kier alpha value is 0.170. The van der Waals surface area contributed by atoms with Crippen LogP contribution in [0.25, 0.3) is 0 Å². The van der Waals surface area contributed by atoms with Gasteiger partial charge in [-0.3, -0.25) is 0 Å². The first kappa shape index (κ1) is 9.17. The normalized spacial score (nSPS) is 15.4. The van der Waals surface area contributed by atoms with Crippen molar-refractivity contribution in [2.45, 2.75) is 19.4 Å². The highest BCUT2D eigenvalue weighted by molar-refractivity contribution is 14.1. The van der Waals surface area contributed by atoms with Gasteiger partial charge in [-0.2, -0.15) is 0 Å². The molecule has 0 heterocycles. The SMILES string of the molecule is CCC(O)/C=C/C=C/I. The molecule has 52 valence electrons. The lowest BCUT2D eigenvalue weighted by molar-refractivity contribution is 0.219. The Morgan fingerprint density at radius 2 is 2.22 bits per heavy atom. The molecule has 0 saturated carbocycles. The van der Waals surface area contributed by atoms with Gasteiger partial charge in [0.15, 0.2) is 0 Å². The molecule has 1 nitrogen and oxygen atoms in total. The van der Waals surface area contributed by atoms with E-state index in [1.165, 1.54) is 0 Å². The number of aliphatic hydroxyl groups is 1. The van der Waals surface area contributed by atoms with Crippen molar-refractivity contribution in [1.29, 1.82) is 0 Å². The van der Waals surface area contributed by atoms with Crippen molar-refractivity contribution in [3.05, 3.63) is 22.3 Å². The van der Waals surface area contributed by atoms with Crippen LogP contribution in [-0.2, 0) is 0 Å². The molecule has 0 fully saturated rings. The van der Waals surface area contributed by atoms with Crippen LogP contribution in [0.5, 0.6) is 0 Å². The Kier molecular flexibility index (Phi) is 6.41. The van der Waals surface area contributed by atoms with Crippen LogP contribution in [0.15, 0.2) is 22.3 Å². The molecule has 0 aromatic carbocycles. The first-order valence-corrected chi connectivity index (χ1v) is 4.17. The second-order valence-electron chi connectivity index (χ2n) is 1.68. The molecule has 0 aromatic heterocycles. The molecule has 0 radical (unpaired) electrons. The maximum absolute atomic E-state index is 8.96. The van der Waals surface area contributed by atoms with E-state index in [2.05, 4.69) is 22.6 Å². The average molecular weight is 238 g/mol. The Labute approximate surface area is 69.6 Å². The largest absolute Gasteiger partial charge is 0.389 e. The number of hydrogen-bond donors (Lipinski definition) is 1. The van der Waals surface area contributed by atoms with Crippen LogP contribution in [0.2, 0.25) is 0 Å². The Bertz CT molecular complexity index is 107. The van der Waals surface area contributed by atoms with Gasteiger partial charge in [-0.15, -0.1) is 0 Å². The van der Waals surface area contributed by atoms with E-state index in [-0.39, 0.29) is 6.10 Å². The van der Waals surface area contributed by atoms with Gasteiger partial charge in [0.25, 0.3) is 0 Å². The first-order chi connectivity index (χ1) is 4.31. The van der Waals surface area contributed by atoms with Gasteiger partial charge in [-0.1, -0.05) is 47.7 Å². The molecule has 0 aromatic rings. The highest BCUT2D eigenvalue weighted by atomic mass is 127. The summed E-state index contributed by atoms with van der Waals surface area (Å²) in [6.07, 6.45) is 6.01. The second kappa shape index (κ2) is 6.29. The smallest absolute Gasteiger partial charge is 0.0721 e. The van der Waals surface area contributed by atoms with E-state index in [0.29, 0.717) is 0 Å². The van der Waals surface area contributed by atoms with Gasteiger partial charge in [-0.25, -0.2) is 0 Å². The third-order valence-corrected chi connectivity index (χ3v) is 1.35. The maximum Gasteiger partial charge on any atom is 0.0721 e. The van der Waals surface area contributed by atoms with Gasteiger partial charge in [0.05, 0.1) is 6.10 Å². The quantitative estimate of drug-likeness (QED) is 0.590. The third-order valence-electron chi connectivity index (χ3n) is 0.935. The van der Waals surface area contributed by atoms with E-state index in [1.807, 2.05) is 23.2 Å². The summed E-state index contributed by atoms with van der Waals surface area (Å²) in [4.78, 5) is 0. The highest BCUT2D eigenvalue weighted by Crippen LogP contribution is 1.92. The molecule has 0 aliphatic heterocycles. The minimum atomic E-state index is -0.280. The number of hydrogen-bond acceptors (Lipinski definition) is 1. The van der Waals surface area contributed by atoms with Crippen molar-refractivity contribution in [2.75, 3.05) is 0 Å². The van der Waals surface area contributed by atoms with Crippen LogP contribution >= 0.6 is 22.6 Å². The summed E-state index contributed by atoms with van der Waals surface area (Å²) in [5.74, 6) is 0. The van der Waals surface area contributed by atoms with E-state index in [0.717, 1.165) is 6.42 Å². The lowest BCUT2D eigenvalue weighted by Gasteiger charge is -1.95. The van der Waals surface area contributed by atoms with E-state index in [9.17, 15) is 0 Å². The third kappa shape index (κ3) is 6.05. The fraction of sp³-hybridized carbons (Fsp3) is 0.429. The van der Waals surface area contributed by atoms with E-state index >= 15 is 0 Å². The minimum absolute atomic E-state index is 0.280. The molecule has 1 unspecified atom stereocenters. The zero-order valence-corrected chi connectivity index (χ0v) is 7.58. The van der Waals surface area contributed by atoms with Crippen molar-refractivity contribution < 1.29 is 5.11 Å². The van der Waals surface area contributed by atoms with Gasteiger partial charge in [0, 0.05) is 0 Å².